The van der Waals surface area contributed by atoms with Crippen molar-refractivity contribution in [1.29, 1.82) is 0 Å². The molecule has 1 spiro atoms. The molecule has 11 heteroatoms. The van der Waals surface area contributed by atoms with Crippen molar-refractivity contribution in [2.45, 2.75) is 17.0 Å². The molecule has 0 aliphatic carbocycles. The molecule has 0 aromatic heterocycles. The molecule has 1 aromatic rings. The minimum absolute atomic E-state index is 0.0555. The van der Waals surface area contributed by atoms with E-state index < -0.39 is 20.7 Å². The van der Waals surface area contributed by atoms with E-state index in [1.54, 1.807) is 30.2 Å². The van der Waals surface area contributed by atoms with Crippen molar-refractivity contribution < 1.29 is 32.2 Å². The Morgan fingerprint density at radius 3 is 2.77 bits per heavy atom. The summed E-state index contributed by atoms with van der Waals surface area (Å²) in [5.41, 5.74) is -0.211. The van der Waals surface area contributed by atoms with Gasteiger partial charge in [-0.05, 0) is 12.1 Å². The predicted octanol–water partition coefficient (Wildman–Crippen LogP) is 0.146. The Kier molecular flexibility index (Phi) is 4.80. The number of ether oxygens (including phenoxy) is 4. The first-order valence-corrected chi connectivity index (χ1v) is 11.6. The number of carbonyl (C=O) groups is 1. The van der Waals surface area contributed by atoms with Crippen LogP contribution < -0.4 is 14.8 Å². The number of likely N-dealkylation sites (tertiary alicyclic amines) is 2. The van der Waals surface area contributed by atoms with E-state index in [1.165, 1.54) is 0 Å². The number of methoxy groups -OCH3 is 1. The molecule has 1 aromatic carbocycles. The van der Waals surface area contributed by atoms with E-state index in [1.807, 2.05) is 0 Å². The number of urea groups is 1. The lowest BCUT2D eigenvalue weighted by Crippen LogP contribution is -2.71. The van der Waals surface area contributed by atoms with Crippen LogP contribution in [0.25, 0.3) is 0 Å². The first-order chi connectivity index (χ1) is 14.4. The number of amides is 2. The van der Waals surface area contributed by atoms with Crippen LogP contribution in [0.15, 0.2) is 18.2 Å². The highest BCUT2D eigenvalue weighted by Gasteiger charge is 2.54. The number of sulfone groups is 1. The maximum Gasteiger partial charge on any atom is 0.322 e. The van der Waals surface area contributed by atoms with E-state index in [-0.39, 0.29) is 44.4 Å². The minimum atomic E-state index is -3.30. The second kappa shape index (κ2) is 7.26. The van der Waals surface area contributed by atoms with Crippen LogP contribution in [-0.2, 0) is 19.3 Å². The third kappa shape index (κ3) is 3.59. The highest BCUT2D eigenvalue weighted by molar-refractivity contribution is 7.92. The number of carbonyl (C=O) groups excluding carboxylic acids is 1. The highest BCUT2D eigenvalue weighted by Crippen LogP contribution is 2.36. The fraction of sp³-hybridized carbons (Fsp3) is 0.632. The van der Waals surface area contributed by atoms with E-state index in [9.17, 15) is 13.2 Å². The molecule has 1 N–H and O–H groups in total. The van der Waals surface area contributed by atoms with Gasteiger partial charge in [-0.1, -0.05) is 0 Å². The fourth-order valence-electron chi connectivity index (χ4n) is 4.33. The molecule has 5 rings (SSSR count). The monoisotopic (exact) mass is 439 g/mol. The van der Waals surface area contributed by atoms with Crippen LogP contribution in [-0.4, -0.2) is 100 Å². The summed E-state index contributed by atoms with van der Waals surface area (Å²) >= 11 is 0. The Labute approximate surface area is 174 Å². The Morgan fingerprint density at radius 2 is 2.03 bits per heavy atom. The Bertz CT molecular complexity index is 941. The van der Waals surface area contributed by atoms with Crippen molar-refractivity contribution in [3.8, 4) is 11.5 Å². The van der Waals surface area contributed by atoms with Crippen LogP contribution in [0.3, 0.4) is 0 Å². The fourth-order valence-corrected chi connectivity index (χ4v) is 6.28. The van der Waals surface area contributed by atoms with Gasteiger partial charge in [-0.25, -0.2) is 13.2 Å². The lowest BCUT2D eigenvalue weighted by Gasteiger charge is -2.52. The molecule has 4 aliphatic rings. The van der Waals surface area contributed by atoms with Gasteiger partial charge in [0, 0.05) is 38.5 Å². The zero-order chi connectivity index (χ0) is 20.9. The second-order valence-electron chi connectivity index (χ2n) is 8.35. The number of hydrogen-bond donors (Lipinski definition) is 1. The molecule has 0 radical (unpaired) electrons. The molecule has 0 unspecified atom stereocenters. The predicted molar refractivity (Wildman–Crippen MR) is 107 cm³/mol. The Morgan fingerprint density at radius 1 is 1.27 bits per heavy atom. The topological polar surface area (TPSA) is 107 Å². The minimum Gasteiger partial charge on any atom is -0.454 e. The van der Waals surface area contributed by atoms with Crippen molar-refractivity contribution in [2.24, 2.45) is 0 Å². The summed E-state index contributed by atoms with van der Waals surface area (Å²) in [6, 6.07) is 4.87. The first-order valence-electron chi connectivity index (χ1n) is 9.92. The van der Waals surface area contributed by atoms with Gasteiger partial charge in [0.15, 0.2) is 21.3 Å². The van der Waals surface area contributed by atoms with Crippen molar-refractivity contribution in [2.75, 3.05) is 64.3 Å². The molecular formula is C19H25N3O7S. The lowest BCUT2D eigenvalue weighted by molar-refractivity contribution is -0.119. The Hall–Kier alpha value is -2.08. The van der Waals surface area contributed by atoms with Gasteiger partial charge in [0.2, 0.25) is 6.79 Å². The number of fused-ring (bicyclic) bond motifs is 1. The third-order valence-electron chi connectivity index (χ3n) is 6.14. The lowest BCUT2D eigenvalue weighted by atomic mass is 9.96. The van der Waals surface area contributed by atoms with Gasteiger partial charge >= 0.3 is 6.03 Å². The van der Waals surface area contributed by atoms with E-state index in [4.69, 9.17) is 18.9 Å². The van der Waals surface area contributed by atoms with Crippen molar-refractivity contribution in [3.05, 3.63) is 18.2 Å². The normalized spacial score (nSPS) is 26.8. The van der Waals surface area contributed by atoms with Crippen LogP contribution in [0.5, 0.6) is 11.5 Å². The molecule has 3 fully saturated rings. The number of anilines is 1. The van der Waals surface area contributed by atoms with Gasteiger partial charge in [0.1, 0.15) is 5.60 Å². The third-order valence-corrected chi connectivity index (χ3v) is 8.36. The quantitative estimate of drug-likeness (QED) is 0.707. The van der Waals surface area contributed by atoms with Gasteiger partial charge in [-0.15, -0.1) is 0 Å². The number of nitrogens with one attached hydrogen (secondary N) is 1. The van der Waals surface area contributed by atoms with Gasteiger partial charge in [0.25, 0.3) is 0 Å². The smallest absolute Gasteiger partial charge is 0.322 e. The van der Waals surface area contributed by atoms with Gasteiger partial charge in [-0.3, -0.25) is 4.90 Å². The summed E-state index contributed by atoms with van der Waals surface area (Å²) in [7, 11) is -1.63. The SMILES string of the molecule is COC1CN(C[C@H]2COC3(CN(C(=O)Nc4ccc5c(c4)OCO5)C3)CS2(=O)=O)C1. The molecule has 30 heavy (non-hydrogen) atoms. The maximum absolute atomic E-state index is 12.8. The summed E-state index contributed by atoms with van der Waals surface area (Å²) in [5.74, 6) is 1.17. The summed E-state index contributed by atoms with van der Waals surface area (Å²) in [6.45, 7) is 2.80. The molecule has 2 amide bonds. The largest absolute Gasteiger partial charge is 0.454 e. The zero-order valence-corrected chi connectivity index (χ0v) is 17.5. The number of hydrogen-bond acceptors (Lipinski definition) is 8. The van der Waals surface area contributed by atoms with Gasteiger partial charge in [0.05, 0.1) is 36.8 Å². The molecule has 0 bridgehead atoms. The average Bonchev–Trinajstić information content (AvgIpc) is 3.10. The average molecular weight is 439 g/mol. The summed E-state index contributed by atoms with van der Waals surface area (Å²) in [4.78, 5) is 16.1. The maximum atomic E-state index is 12.8. The second-order valence-corrected chi connectivity index (χ2v) is 10.6. The van der Waals surface area contributed by atoms with Crippen LogP contribution in [0.2, 0.25) is 0 Å². The number of benzene rings is 1. The number of nitrogens with zero attached hydrogens (tertiary/aromatic N) is 2. The molecule has 1 atom stereocenters. The van der Waals surface area contributed by atoms with Crippen LogP contribution >= 0.6 is 0 Å². The summed E-state index contributed by atoms with van der Waals surface area (Å²) < 4.78 is 47.4. The summed E-state index contributed by atoms with van der Waals surface area (Å²) in [6.07, 6.45) is 0.187. The molecule has 4 heterocycles. The van der Waals surface area contributed by atoms with E-state index in [0.29, 0.717) is 23.7 Å². The molecular weight excluding hydrogens is 414 g/mol. The zero-order valence-electron chi connectivity index (χ0n) is 16.7. The molecule has 164 valence electrons. The standard InChI is InChI=1S/C19H25N3O7S/c1-26-14-5-21(6-14)7-15-8-29-19(11-30(15,24)25)9-22(10-19)18(23)20-13-2-3-16-17(4-13)28-12-27-16/h2-4,14-15H,5-12H2,1H3,(H,20,23)/t15-/m0/s1. The van der Waals surface area contributed by atoms with E-state index in [0.717, 1.165) is 13.1 Å². The molecule has 3 saturated heterocycles. The van der Waals surface area contributed by atoms with Crippen LogP contribution in [0, 0.1) is 0 Å². The Balaban J connectivity index is 1.14. The van der Waals surface area contributed by atoms with Crippen molar-refractivity contribution in [3.63, 3.8) is 0 Å². The van der Waals surface area contributed by atoms with Crippen molar-refractivity contribution in [1.82, 2.24) is 9.80 Å². The number of rotatable bonds is 4. The molecule has 10 nitrogen and oxygen atoms in total. The highest BCUT2D eigenvalue weighted by atomic mass is 32.2. The molecule has 0 saturated carbocycles. The van der Waals surface area contributed by atoms with E-state index in [2.05, 4.69) is 10.2 Å². The first kappa shape index (κ1) is 19.9. The van der Waals surface area contributed by atoms with Gasteiger partial charge in [-0.2, -0.15) is 0 Å². The van der Waals surface area contributed by atoms with Crippen LogP contribution in [0.1, 0.15) is 0 Å². The summed E-state index contributed by atoms with van der Waals surface area (Å²) in [5, 5.41) is 2.27. The van der Waals surface area contributed by atoms with Crippen LogP contribution in [0.4, 0.5) is 10.5 Å². The van der Waals surface area contributed by atoms with Gasteiger partial charge < -0.3 is 29.2 Å². The molecule has 4 aliphatic heterocycles. The van der Waals surface area contributed by atoms with Crippen molar-refractivity contribution >= 4 is 21.6 Å². The van der Waals surface area contributed by atoms with E-state index >= 15 is 0 Å².